The molecule has 1 aromatic heterocycles. The van der Waals surface area contributed by atoms with Gasteiger partial charge >= 0.3 is 6.36 Å². The molecule has 0 bridgehead atoms. The van der Waals surface area contributed by atoms with Crippen molar-refractivity contribution in [1.29, 1.82) is 0 Å². The zero-order valence-electron chi connectivity index (χ0n) is 18.6. The van der Waals surface area contributed by atoms with Gasteiger partial charge in [0.25, 0.3) is 0 Å². The number of aromatic nitrogens is 2. The lowest BCUT2D eigenvalue weighted by molar-refractivity contribution is -0.345. The second kappa shape index (κ2) is 12.0. The number of aryl methyl sites for hydroxylation is 1. The normalized spacial score (nSPS) is 19.7. The van der Waals surface area contributed by atoms with Gasteiger partial charge in [-0.2, -0.15) is 4.37 Å². The van der Waals surface area contributed by atoms with Crippen LogP contribution in [0.3, 0.4) is 0 Å². The maximum Gasteiger partial charge on any atom is 0.522 e. The average molecular weight is 529 g/mol. The first kappa shape index (κ1) is 25.7. The third-order valence-corrected chi connectivity index (χ3v) is 6.93. The van der Waals surface area contributed by atoms with E-state index in [1.807, 2.05) is 0 Å². The van der Waals surface area contributed by atoms with Crippen molar-refractivity contribution in [2.75, 3.05) is 17.9 Å². The van der Waals surface area contributed by atoms with E-state index in [2.05, 4.69) is 42.3 Å². The number of alkyl halides is 3. The van der Waals surface area contributed by atoms with Gasteiger partial charge in [-0.25, -0.2) is 9.37 Å². The van der Waals surface area contributed by atoms with Crippen LogP contribution in [0.25, 0.3) is 0 Å². The summed E-state index contributed by atoms with van der Waals surface area (Å²) in [6.07, 6.45) is -1.13. The molecule has 0 aliphatic carbocycles. The summed E-state index contributed by atoms with van der Waals surface area (Å²) in [5.41, 5.74) is 2.07. The monoisotopic (exact) mass is 528 g/mol. The van der Waals surface area contributed by atoms with E-state index in [4.69, 9.17) is 4.74 Å². The molecule has 3 heterocycles. The Balaban J connectivity index is 0.000000165. The number of anilines is 1. The van der Waals surface area contributed by atoms with Crippen LogP contribution < -0.4 is 14.8 Å². The largest absolute Gasteiger partial charge is 0.522 e. The molecule has 0 saturated carbocycles. The van der Waals surface area contributed by atoms with Crippen molar-refractivity contribution < 1.29 is 27.0 Å². The lowest BCUT2D eigenvalue weighted by Gasteiger charge is -2.31. The van der Waals surface area contributed by atoms with E-state index in [1.165, 1.54) is 41.2 Å². The molecule has 6 nitrogen and oxygen atoms in total. The Morgan fingerprint density at radius 1 is 1.17 bits per heavy atom. The molecule has 0 spiro atoms. The van der Waals surface area contributed by atoms with Crippen molar-refractivity contribution in [3.63, 3.8) is 0 Å². The number of halogens is 4. The number of nitrogens with one attached hydrogen (secondary N) is 2. The zero-order chi connectivity index (χ0) is 24.7. The Hall–Kier alpha value is -2.41. The van der Waals surface area contributed by atoms with Crippen LogP contribution in [0.4, 0.5) is 22.7 Å². The number of nitrogens with zero attached hydrogens (tertiary/aromatic N) is 2. The number of hydrogen-bond donors (Lipinski definition) is 2. The molecule has 2 aromatic carbocycles. The first-order valence-corrected chi connectivity index (χ1v) is 12.6. The molecular formula is C23H24F4N4O2S2. The molecule has 1 fully saturated rings. The molecule has 0 amide bonds. The first-order valence-electron chi connectivity index (χ1n) is 11.0. The van der Waals surface area contributed by atoms with E-state index < -0.39 is 12.5 Å². The SMILES string of the molecule is Fc1ccc(C2CC(OC(F)(F)F)CCN2)cc1.c1nsc(NSc2ccc3c(c2)OCCC3)n1. The van der Waals surface area contributed by atoms with E-state index in [9.17, 15) is 17.6 Å². The Morgan fingerprint density at radius 3 is 2.74 bits per heavy atom. The summed E-state index contributed by atoms with van der Waals surface area (Å²) < 4.78 is 65.9. The first-order chi connectivity index (χ1) is 16.9. The molecule has 35 heavy (non-hydrogen) atoms. The van der Waals surface area contributed by atoms with Gasteiger partial charge in [-0.3, -0.25) is 4.74 Å². The minimum atomic E-state index is -4.60. The molecule has 12 heteroatoms. The van der Waals surface area contributed by atoms with Crippen molar-refractivity contribution >= 4 is 28.6 Å². The Kier molecular flexibility index (Phi) is 8.82. The molecule has 2 aliphatic heterocycles. The molecule has 1 saturated heterocycles. The molecular weight excluding hydrogens is 504 g/mol. The van der Waals surface area contributed by atoms with E-state index in [-0.39, 0.29) is 18.3 Å². The number of ether oxygens (including phenoxy) is 2. The average Bonchev–Trinajstić information content (AvgIpc) is 3.36. The molecule has 3 aromatic rings. The van der Waals surface area contributed by atoms with E-state index >= 15 is 0 Å². The fourth-order valence-corrected chi connectivity index (χ4v) is 4.95. The second-order valence-electron chi connectivity index (χ2n) is 7.94. The fourth-order valence-electron chi connectivity index (χ4n) is 3.83. The molecule has 188 valence electrons. The quantitative estimate of drug-likeness (QED) is 0.305. The van der Waals surface area contributed by atoms with Gasteiger partial charge < -0.3 is 14.8 Å². The summed E-state index contributed by atoms with van der Waals surface area (Å²) in [7, 11) is 0. The molecule has 5 rings (SSSR count). The van der Waals surface area contributed by atoms with Crippen LogP contribution in [0.15, 0.2) is 53.7 Å². The van der Waals surface area contributed by atoms with Crippen LogP contribution in [0.5, 0.6) is 5.75 Å². The minimum Gasteiger partial charge on any atom is -0.493 e. The van der Waals surface area contributed by atoms with Crippen molar-refractivity contribution in [2.45, 2.75) is 49.1 Å². The van der Waals surface area contributed by atoms with Crippen molar-refractivity contribution in [3.05, 3.63) is 65.7 Å². The third-order valence-electron chi connectivity index (χ3n) is 5.43. The number of hydrogen-bond acceptors (Lipinski definition) is 8. The van der Waals surface area contributed by atoms with Gasteiger partial charge in [0.2, 0.25) is 5.13 Å². The number of fused-ring (bicyclic) bond motifs is 1. The van der Waals surface area contributed by atoms with Crippen LogP contribution in [0.2, 0.25) is 0 Å². The van der Waals surface area contributed by atoms with Crippen LogP contribution in [-0.4, -0.2) is 35.0 Å². The summed E-state index contributed by atoms with van der Waals surface area (Å²) in [4.78, 5) is 5.19. The lowest BCUT2D eigenvalue weighted by Crippen LogP contribution is -2.38. The highest BCUT2D eigenvalue weighted by atomic mass is 32.2. The topological polar surface area (TPSA) is 68.3 Å². The molecule has 2 aliphatic rings. The van der Waals surface area contributed by atoms with Gasteiger partial charge in [-0.15, -0.1) is 13.2 Å². The van der Waals surface area contributed by atoms with Crippen molar-refractivity contribution in [1.82, 2.24) is 14.7 Å². The Morgan fingerprint density at radius 2 is 2.00 bits per heavy atom. The molecule has 2 unspecified atom stereocenters. The molecule has 2 atom stereocenters. The maximum absolute atomic E-state index is 12.8. The number of rotatable bonds is 5. The summed E-state index contributed by atoms with van der Waals surface area (Å²) in [5.74, 6) is 0.651. The van der Waals surface area contributed by atoms with Crippen LogP contribution in [0.1, 0.15) is 36.4 Å². The van der Waals surface area contributed by atoms with Gasteiger partial charge in [-0.05, 0) is 79.6 Å². The smallest absolute Gasteiger partial charge is 0.493 e. The van der Waals surface area contributed by atoms with Crippen molar-refractivity contribution in [3.8, 4) is 5.75 Å². The van der Waals surface area contributed by atoms with Gasteiger partial charge in [0.05, 0.1) is 12.7 Å². The predicted molar refractivity (Wildman–Crippen MR) is 127 cm³/mol. The lowest BCUT2D eigenvalue weighted by atomic mass is 9.95. The highest BCUT2D eigenvalue weighted by molar-refractivity contribution is 8.00. The summed E-state index contributed by atoms with van der Waals surface area (Å²) in [5, 5.41) is 3.91. The fraction of sp³-hybridized carbons (Fsp3) is 0.391. The summed E-state index contributed by atoms with van der Waals surface area (Å²) in [6, 6.07) is 11.8. The zero-order valence-corrected chi connectivity index (χ0v) is 20.2. The standard InChI is InChI=1S/C12H13F4NO.C11H11N3OS2/c13-9-3-1-8(2-4-9)11-7-10(5-6-17-11)18-12(14,15)16;1-2-8-3-4-9(6-10(8)15-5-1)16-14-11-12-7-13-17-11/h1-4,10-11,17H,5-7H2;3-4,6-7H,1-2,5H2,(H,12,13,14). The molecule has 0 radical (unpaired) electrons. The van der Waals surface area contributed by atoms with Gasteiger partial charge in [0.1, 0.15) is 17.9 Å². The minimum absolute atomic E-state index is 0.227. The predicted octanol–water partition coefficient (Wildman–Crippen LogP) is 6.14. The highest BCUT2D eigenvalue weighted by Crippen LogP contribution is 2.31. The Bertz CT molecular complexity index is 1070. The second-order valence-corrected chi connectivity index (χ2v) is 9.60. The van der Waals surface area contributed by atoms with E-state index in [0.717, 1.165) is 40.8 Å². The third kappa shape index (κ3) is 8.06. The highest BCUT2D eigenvalue weighted by Gasteiger charge is 2.36. The molecule has 2 N–H and O–H groups in total. The van der Waals surface area contributed by atoms with E-state index in [0.29, 0.717) is 13.0 Å². The number of piperidine rings is 1. The summed E-state index contributed by atoms with van der Waals surface area (Å²) in [6.45, 7) is 1.27. The van der Waals surface area contributed by atoms with Crippen molar-refractivity contribution in [2.24, 2.45) is 0 Å². The van der Waals surface area contributed by atoms with Gasteiger partial charge in [0, 0.05) is 22.5 Å². The van der Waals surface area contributed by atoms with Crippen LogP contribution >= 0.6 is 23.5 Å². The van der Waals surface area contributed by atoms with Gasteiger partial charge in [-0.1, -0.05) is 18.2 Å². The maximum atomic E-state index is 12.8. The van der Waals surface area contributed by atoms with Crippen LogP contribution in [0, 0.1) is 5.82 Å². The van der Waals surface area contributed by atoms with Gasteiger partial charge in [0.15, 0.2) is 0 Å². The number of benzene rings is 2. The Labute approximate surface area is 208 Å². The van der Waals surface area contributed by atoms with E-state index in [1.54, 1.807) is 18.5 Å². The van der Waals surface area contributed by atoms with Crippen LogP contribution in [-0.2, 0) is 11.2 Å². The summed E-state index contributed by atoms with van der Waals surface area (Å²) >= 11 is 2.88.